The Labute approximate surface area is 175 Å². The van der Waals surface area contributed by atoms with E-state index in [2.05, 4.69) is 20.6 Å². The van der Waals surface area contributed by atoms with Crippen molar-refractivity contribution in [3.63, 3.8) is 0 Å². The van der Waals surface area contributed by atoms with Gasteiger partial charge in [0, 0.05) is 19.2 Å². The molecule has 2 aliphatic rings. The highest BCUT2D eigenvalue weighted by atomic mass is 32.1. The minimum absolute atomic E-state index is 0. The number of anilines is 1. The van der Waals surface area contributed by atoms with E-state index in [9.17, 15) is 26.3 Å². The number of aliphatic hydroxyl groups is 1. The number of halogens is 6. The van der Waals surface area contributed by atoms with E-state index >= 15 is 0 Å². The van der Waals surface area contributed by atoms with Gasteiger partial charge in [-0.15, -0.1) is 0 Å². The molecular formula is C16H20F6N6OS. The standard InChI is InChI=1S/C15H14F6N6.CH4O.H2S/c1-13-6-10(15(19,20)21)26-27(13)12(22)25-11(13)24-7-3-4-9(23-2)8(5-7)14(16,17)18;1-2;/h3-5,11-12,24-25H,6,22H2,1H3;2H,1H3;1H2/t11?,12?,13-;;/m0../s1. The van der Waals surface area contributed by atoms with Crippen LogP contribution in [0.4, 0.5) is 37.7 Å². The summed E-state index contributed by atoms with van der Waals surface area (Å²) in [5.74, 6) is 0. The summed E-state index contributed by atoms with van der Waals surface area (Å²) in [7, 11) is 1.00. The molecular weight excluding hydrogens is 438 g/mol. The van der Waals surface area contributed by atoms with E-state index in [1.54, 1.807) is 0 Å². The quantitative estimate of drug-likeness (QED) is 0.404. The van der Waals surface area contributed by atoms with Crippen LogP contribution in [-0.2, 0) is 6.18 Å². The molecule has 0 saturated carbocycles. The van der Waals surface area contributed by atoms with Crippen LogP contribution >= 0.6 is 13.5 Å². The summed E-state index contributed by atoms with van der Waals surface area (Å²) in [5, 5.41) is 17.1. The van der Waals surface area contributed by atoms with E-state index < -0.39 is 53.7 Å². The van der Waals surface area contributed by atoms with Crippen molar-refractivity contribution in [2.45, 2.75) is 43.7 Å². The van der Waals surface area contributed by atoms with Crippen LogP contribution in [0.3, 0.4) is 0 Å². The molecule has 30 heavy (non-hydrogen) atoms. The van der Waals surface area contributed by atoms with E-state index in [0.717, 1.165) is 24.3 Å². The first kappa shape index (κ1) is 25.8. The topological polar surface area (TPSA) is 90.3 Å². The van der Waals surface area contributed by atoms with Crippen LogP contribution in [-0.4, -0.2) is 47.1 Å². The maximum atomic E-state index is 13.1. The third-order valence-electron chi connectivity index (χ3n) is 4.56. The minimum Gasteiger partial charge on any atom is -0.400 e. The van der Waals surface area contributed by atoms with Gasteiger partial charge in [0.05, 0.1) is 17.7 Å². The molecule has 168 valence electrons. The van der Waals surface area contributed by atoms with Crippen molar-refractivity contribution in [3.05, 3.63) is 35.2 Å². The van der Waals surface area contributed by atoms with Crippen LogP contribution in [0.5, 0.6) is 0 Å². The summed E-state index contributed by atoms with van der Waals surface area (Å²) in [6.45, 7) is 8.32. The lowest BCUT2D eigenvalue weighted by Crippen LogP contribution is -2.50. The molecule has 2 aliphatic heterocycles. The number of nitrogens with two attached hydrogens (primary N) is 1. The Hall–Kier alpha value is -2.21. The van der Waals surface area contributed by atoms with Gasteiger partial charge in [0.1, 0.15) is 11.9 Å². The van der Waals surface area contributed by atoms with Crippen LogP contribution in [0.25, 0.3) is 4.85 Å². The molecule has 0 aromatic heterocycles. The van der Waals surface area contributed by atoms with E-state index in [-0.39, 0.29) is 19.2 Å². The van der Waals surface area contributed by atoms with E-state index in [0.29, 0.717) is 0 Å². The van der Waals surface area contributed by atoms with Gasteiger partial charge in [0.25, 0.3) is 0 Å². The number of nitrogens with zero attached hydrogens (tertiary/aromatic N) is 3. The Balaban J connectivity index is 0.00000146. The molecule has 1 aromatic carbocycles. The zero-order valence-electron chi connectivity index (χ0n) is 15.7. The summed E-state index contributed by atoms with van der Waals surface area (Å²) in [5.41, 5.74) is 1.82. The van der Waals surface area contributed by atoms with Crippen molar-refractivity contribution >= 4 is 30.6 Å². The zero-order valence-corrected chi connectivity index (χ0v) is 16.7. The first-order chi connectivity index (χ1) is 13.4. The summed E-state index contributed by atoms with van der Waals surface area (Å²) >= 11 is 0. The predicted molar refractivity (Wildman–Crippen MR) is 103 cm³/mol. The molecule has 1 saturated heterocycles. The van der Waals surface area contributed by atoms with Crippen molar-refractivity contribution in [2.24, 2.45) is 10.8 Å². The van der Waals surface area contributed by atoms with E-state index in [1.807, 2.05) is 0 Å². The molecule has 14 heteroatoms. The molecule has 0 bridgehead atoms. The first-order valence-corrected chi connectivity index (χ1v) is 8.12. The number of hydrogen-bond donors (Lipinski definition) is 4. The molecule has 0 amide bonds. The lowest BCUT2D eigenvalue weighted by molar-refractivity contribution is -0.136. The van der Waals surface area contributed by atoms with Gasteiger partial charge in [-0.1, -0.05) is 6.07 Å². The maximum absolute atomic E-state index is 13.1. The van der Waals surface area contributed by atoms with Gasteiger partial charge in [-0.2, -0.15) is 44.9 Å². The van der Waals surface area contributed by atoms with Gasteiger partial charge in [0.2, 0.25) is 0 Å². The zero-order chi connectivity index (χ0) is 22.2. The van der Waals surface area contributed by atoms with Gasteiger partial charge in [0.15, 0.2) is 12.0 Å². The number of hydrogen-bond acceptors (Lipinski definition) is 6. The van der Waals surface area contributed by atoms with Crippen LogP contribution in [0.2, 0.25) is 0 Å². The van der Waals surface area contributed by atoms with Gasteiger partial charge in [-0.25, -0.2) is 4.85 Å². The summed E-state index contributed by atoms with van der Waals surface area (Å²) in [4.78, 5) is 2.84. The second-order valence-corrected chi connectivity index (χ2v) is 6.45. The minimum atomic E-state index is -4.74. The molecule has 2 unspecified atom stereocenters. The number of rotatable bonds is 2. The summed E-state index contributed by atoms with van der Waals surface area (Å²) < 4.78 is 78.3. The Kier molecular flexibility index (Phi) is 7.65. The Morgan fingerprint density at radius 1 is 1.27 bits per heavy atom. The molecule has 3 atom stereocenters. The molecule has 1 aromatic rings. The lowest BCUT2D eigenvalue weighted by Gasteiger charge is -2.32. The molecule has 5 N–H and O–H groups in total. The van der Waals surface area contributed by atoms with Gasteiger partial charge in [-0.3, -0.25) is 16.1 Å². The average Bonchev–Trinajstić information content (AvgIpc) is 3.10. The molecule has 1 fully saturated rings. The third kappa shape index (κ3) is 4.75. The Morgan fingerprint density at radius 3 is 2.37 bits per heavy atom. The van der Waals surface area contributed by atoms with Crippen LogP contribution in [0, 0.1) is 6.57 Å². The Morgan fingerprint density at radius 2 is 1.87 bits per heavy atom. The molecule has 0 aliphatic carbocycles. The fraction of sp³-hybridized carbons (Fsp3) is 0.500. The summed E-state index contributed by atoms with van der Waals surface area (Å²) in [6, 6.07) is 2.99. The number of alkyl halides is 6. The van der Waals surface area contributed by atoms with Crippen LogP contribution in [0.15, 0.2) is 23.3 Å². The maximum Gasteiger partial charge on any atom is 0.431 e. The van der Waals surface area contributed by atoms with Crippen molar-refractivity contribution in [2.75, 3.05) is 12.4 Å². The third-order valence-corrected chi connectivity index (χ3v) is 4.56. The van der Waals surface area contributed by atoms with Crippen molar-refractivity contribution < 1.29 is 31.4 Å². The van der Waals surface area contributed by atoms with Gasteiger partial charge in [-0.05, 0) is 19.1 Å². The predicted octanol–water partition coefficient (Wildman–Crippen LogP) is 2.94. The highest BCUT2D eigenvalue weighted by molar-refractivity contribution is 7.59. The van der Waals surface area contributed by atoms with Crippen LogP contribution < -0.4 is 16.4 Å². The highest BCUT2D eigenvalue weighted by Crippen LogP contribution is 2.42. The average molecular weight is 458 g/mol. The molecule has 0 spiro atoms. The van der Waals surface area contributed by atoms with Crippen LogP contribution in [0.1, 0.15) is 18.9 Å². The highest BCUT2D eigenvalue weighted by Gasteiger charge is 2.57. The van der Waals surface area contributed by atoms with Crippen molar-refractivity contribution in [1.82, 2.24) is 10.3 Å². The van der Waals surface area contributed by atoms with Crippen molar-refractivity contribution in [3.8, 4) is 0 Å². The number of benzene rings is 1. The van der Waals surface area contributed by atoms with E-state index in [1.165, 1.54) is 13.0 Å². The molecule has 7 nitrogen and oxygen atoms in total. The van der Waals surface area contributed by atoms with E-state index in [4.69, 9.17) is 17.4 Å². The fourth-order valence-corrected chi connectivity index (χ4v) is 3.21. The second kappa shape index (κ2) is 8.88. The van der Waals surface area contributed by atoms with Gasteiger partial charge >= 0.3 is 12.4 Å². The monoisotopic (exact) mass is 458 g/mol. The largest absolute Gasteiger partial charge is 0.431 e. The first-order valence-electron chi connectivity index (χ1n) is 8.12. The van der Waals surface area contributed by atoms with Crippen molar-refractivity contribution in [1.29, 1.82) is 0 Å². The number of aliphatic hydroxyl groups excluding tert-OH is 1. The fourth-order valence-electron chi connectivity index (χ4n) is 3.21. The number of hydrazone groups is 1. The molecule has 0 radical (unpaired) electrons. The molecule has 3 rings (SSSR count). The number of fused-ring (bicyclic) bond motifs is 1. The molecule has 2 heterocycles. The lowest BCUT2D eigenvalue weighted by atomic mass is 9.93. The smallest absolute Gasteiger partial charge is 0.400 e. The number of nitrogens with one attached hydrogen (secondary N) is 2. The SMILES string of the molecule is CO.S.[C-]#[N+]c1ccc(NC2NC(N)N3N=C(C(F)(F)F)C[C@@]23C)cc1C(F)(F)F. The second-order valence-electron chi connectivity index (χ2n) is 6.45. The van der Waals surface area contributed by atoms with Gasteiger partial charge < -0.3 is 10.4 Å². The summed E-state index contributed by atoms with van der Waals surface area (Å²) in [6.07, 6.45) is -11.8. The normalized spacial score (nSPS) is 25.4. The Bertz CT molecular complexity index is 839.